The number of anilines is 1. The Labute approximate surface area is 158 Å². The van der Waals surface area contributed by atoms with E-state index >= 15 is 0 Å². The van der Waals surface area contributed by atoms with Gasteiger partial charge in [0.2, 0.25) is 0 Å². The van der Waals surface area contributed by atoms with Crippen molar-refractivity contribution in [1.82, 2.24) is 5.32 Å². The number of aryl methyl sites for hydroxylation is 2. The number of hydrogen-bond acceptors (Lipinski definition) is 4. The summed E-state index contributed by atoms with van der Waals surface area (Å²) in [5, 5.41) is 5.34. The number of rotatable bonds is 7. The van der Waals surface area contributed by atoms with Crippen LogP contribution < -0.4 is 10.6 Å². The molecular weight excluding hydrogens is 344 g/mol. The predicted octanol–water partition coefficient (Wildman–Crippen LogP) is 2.86. The summed E-state index contributed by atoms with van der Waals surface area (Å²) >= 11 is 0. The summed E-state index contributed by atoms with van der Waals surface area (Å²) in [6.45, 7) is 5.00. The smallest absolute Gasteiger partial charge is 0.328 e. The molecule has 2 N–H and O–H groups in total. The number of hydrogen-bond donors (Lipinski definition) is 2. The molecule has 2 rings (SSSR count). The van der Waals surface area contributed by atoms with Gasteiger partial charge in [0.15, 0.2) is 6.61 Å². The fraction of sp³-hybridized carbons (Fsp3) is 0.286. The molecule has 0 aliphatic heterocycles. The van der Waals surface area contributed by atoms with Crippen LogP contribution in [0.1, 0.15) is 35.3 Å². The van der Waals surface area contributed by atoms with E-state index in [1.54, 1.807) is 30.3 Å². The average molecular weight is 368 g/mol. The van der Waals surface area contributed by atoms with Gasteiger partial charge in [-0.15, -0.1) is 0 Å². The van der Waals surface area contributed by atoms with E-state index in [0.717, 1.165) is 23.2 Å². The molecule has 0 radical (unpaired) electrons. The zero-order valence-corrected chi connectivity index (χ0v) is 15.7. The quantitative estimate of drug-likeness (QED) is 0.736. The van der Waals surface area contributed by atoms with Crippen LogP contribution >= 0.6 is 0 Å². The number of amides is 2. The van der Waals surface area contributed by atoms with Crippen molar-refractivity contribution in [3.05, 3.63) is 65.2 Å². The number of carbonyl (C=O) groups is 3. The molecule has 0 bridgehead atoms. The van der Waals surface area contributed by atoms with Crippen LogP contribution in [0.5, 0.6) is 0 Å². The van der Waals surface area contributed by atoms with Crippen molar-refractivity contribution in [3.8, 4) is 0 Å². The minimum Gasteiger partial charge on any atom is -0.454 e. The molecule has 0 aromatic heterocycles. The second kappa shape index (κ2) is 9.52. The van der Waals surface area contributed by atoms with Crippen LogP contribution in [0.2, 0.25) is 0 Å². The van der Waals surface area contributed by atoms with Gasteiger partial charge in [0, 0.05) is 11.3 Å². The van der Waals surface area contributed by atoms with Gasteiger partial charge < -0.3 is 15.4 Å². The van der Waals surface area contributed by atoms with E-state index in [4.69, 9.17) is 4.74 Å². The Bertz CT molecular complexity index is 818. The first kappa shape index (κ1) is 20.2. The lowest BCUT2D eigenvalue weighted by Crippen LogP contribution is -2.40. The maximum absolute atomic E-state index is 12.1. The van der Waals surface area contributed by atoms with E-state index < -0.39 is 24.5 Å². The molecule has 6 nitrogen and oxygen atoms in total. The lowest BCUT2D eigenvalue weighted by atomic mass is 10.1. The number of esters is 1. The first-order valence-corrected chi connectivity index (χ1v) is 8.83. The van der Waals surface area contributed by atoms with Crippen molar-refractivity contribution in [2.45, 2.75) is 33.2 Å². The minimum absolute atomic E-state index is 0.378. The van der Waals surface area contributed by atoms with Gasteiger partial charge in [-0.05, 0) is 43.5 Å². The van der Waals surface area contributed by atoms with Crippen molar-refractivity contribution in [2.24, 2.45) is 0 Å². The molecule has 2 aromatic rings. The lowest BCUT2D eigenvalue weighted by molar-refractivity contribution is -0.148. The fourth-order valence-corrected chi connectivity index (χ4v) is 2.57. The Morgan fingerprint density at radius 2 is 1.74 bits per heavy atom. The summed E-state index contributed by atoms with van der Waals surface area (Å²) in [5.74, 6) is -1.47. The third-order valence-corrected chi connectivity index (χ3v) is 4.09. The summed E-state index contributed by atoms with van der Waals surface area (Å²) in [6, 6.07) is 13.5. The molecule has 0 aliphatic rings. The van der Waals surface area contributed by atoms with Crippen LogP contribution in [0.4, 0.5) is 5.69 Å². The molecule has 2 amide bonds. The van der Waals surface area contributed by atoms with Crippen LogP contribution in [0, 0.1) is 6.92 Å². The highest BCUT2D eigenvalue weighted by atomic mass is 16.5. The molecule has 1 unspecified atom stereocenters. The molecule has 0 aliphatic carbocycles. The van der Waals surface area contributed by atoms with Crippen LogP contribution in [0.15, 0.2) is 48.5 Å². The molecule has 142 valence electrons. The maximum atomic E-state index is 12.1. The summed E-state index contributed by atoms with van der Waals surface area (Å²) in [7, 11) is 0. The molecule has 0 heterocycles. The third-order valence-electron chi connectivity index (χ3n) is 4.09. The van der Waals surface area contributed by atoms with Gasteiger partial charge in [-0.2, -0.15) is 0 Å². The van der Waals surface area contributed by atoms with Gasteiger partial charge in [0.1, 0.15) is 6.04 Å². The molecule has 0 spiro atoms. The first-order chi connectivity index (χ1) is 12.9. The topological polar surface area (TPSA) is 84.5 Å². The van der Waals surface area contributed by atoms with Crippen LogP contribution in [0.3, 0.4) is 0 Å². The number of benzene rings is 2. The van der Waals surface area contributed by atoms with Crippen molar-refractivity contribution in [2.75, 3.05) is 11.9 Å². The summed E-state index contributed by atoms with van der Waals surface area (Å²) in [5.41, 5.74) is 3.14. The van der Waals surface area contributed by atoms with Gasteiger partial charge >= 0.3 is 5.97 Å². The van der Waals surface area contributed by atoms with Gasteiger partial charge in [0.25, 0.3) is 11.8 Å². The number of nitrogens with one attached hydrogen (secondary N) is 2. The fourth-order valence-electron chi connectivity index (χ4n) is 2.57. The molecule has 0 fully saturated rings. The highest BCUT2D eigenvalue weighted by Gasteiger charge is 2.19. The van der Waals surface area contributed by atoms with Crippen LogP contribution in [-0.2, 0) is 20.7 Å². The summed E-state index contributed by atoms with van der Waals surface area (Å²) in [4.78, 5) is 36.2. The SMILES string of the molecule is CCc1cccc(C)c1NC(=O)COC(=O)C(C)NC(=O)c1ccccc1. The van der Waals surface area contributed by atoms with Gasteiger partial charge in [0.05, 0.1) is 0 Å². The largest absolute Gasteiger partial charge is 0.454 e. The Morgan fingerprint density at radius 1 is 1.04 bits per heavy atom. The standard InChI is InChI=1S/C21H24N2O4/c1-4-16-12-8-9-14(2)19(16)23-18(24)13-27-21(26)15(3)22-20(25)17-10-6-5-7-11-17/h5-12,15H,4,13H2,1-3H3,(H,22,25)(H,23,24). The monoisotopic (exact) mass is 368 g/mol. The van der Waals surface area contributed by atoms with E-state index in [1.165, 1.54) is 6.92 Å². The van der Waals surface area contributed by atoms with Crippen molar-refractivity contribution >= 4 is 23.5 Å². The number of ether oxygens (including phenoxy) is 1. The first-order valence-electron chi connectivity index (χ1n) is 8.83. The van der Waals surface area contributed by atoms with E-state index in [0.29, 0.717) is 5.56 Å². The van der Waals surface area contributed by atoms with Crippen LogP contribution in [0.25, 0.3) is 0 Å². The second-order valence-electron chi connectivity index (χ2n) is 6.18. The van der Waals surface area contributed by atoms with Crippen molar-refractivity contribution < 1.29 is 19.1 Å². The van der Waals surface area contributed by atoms with Gasteiger partial charge in [-0.1, -0.05) is 43.3 Å². The molecule has 27 heavy (non-hydrogen) atoms. The van der Waals surface area contributed by atoms with Crippen molar-refractivity contribution in [1.29, 1.82) is 0 Å². The highest BCUT2D eigenvalue weighted by Crippen LogP contribution is 2.20. The van der Waals surface area contributed by atoms with E-state index in [9.17, 15) is 14.4 Å². The van der Waals surface area contributed by atoms with Gasteiger partial charge in [-0.3, -0.25) is 9.59 Å². The molecule has 6 heteroatoms. The zero-order chi connectivity index (χ0) is 19.8. The molecule has 2 aromatic carbocycles. The van der Waals surface area contributed by atoms with E-state index in [-0.39, 0.29) is 5.91 Å². The second-order valence-corrected chi connectivity index (χ2v) is 6.18. The molecule has 0 saturated carbocycles. The van der Waals surface area contributed by atoms with Crippen LogP contribution in [-0.4, -0.2) is 30.4 Å². The van der Waals surface area contributed by atoms with E-state index in [2.05, 4.69) is 10.6 Å². The normalized spacial score (nSPS) is 11.4. The van der Waals surface area contributed by atoms with Crippen molar-refractivity contribution in [3.63, 3.8) is 0 Å². The van der Waals surface area contributed by atoms with Gasteiger partial charge in [-0.25, -0.2) is 4.79 Å². The Hall–Kier alpha value is -3.15. The minimum atomic E-state index is -0.866. The Balaban J connectivity index is 1.86. The molecular formula is C21H24N2O4. The molecule has 1 atom stereocenters. The van der Waals surface area contributed by atoms with E-state index in [1.807, 2.05) is 32.0 Å². The number of para-hydroxylation sites is 1. The zero-order valence-electron chi connectivity index (χ0n) is 15.7. The average Bonchev–Trinajstić information content (AvgIpc) is 2.68. The summed E-state index contributed by atoms with van der Waals surface area (Å²) in [6.07, 6.45) is 0.777. The number of carbonyl (C=O) groups excluding carboxylic acids is 3. The highest BCUT2D eigenvalue weighted by molar-refractivity contribution is 5.97. The summed E-state index contributed by atoms with van der Waals surface area (Å²) < 4.78 is 5.02. The third kappa shape index (κ3) is 5.67. The molecule has 0 saturated heterocycles. The maximum Gasteiger partial charge on any atom is 0.328 e. The Morgan fingerprint density at radius 3 is 2.41 bits per heavy atom. The predicted molar refractivity (Wildman–Crippen MR) is 104 cm³/mol. The lowest BCUT2D eigenvalue weighted by Gasteiger charge is -2.15. The Kier molecular flexibility index (Phi) is 7.11.